The molecular formula is C27H28N2O4S. The Morgan fingerprint density at radius 1 is 0.882 bits per heavy atom. The van der Waals surface area contributed by atoms with Crippen LogP contribution < -0.4 is 0 Å². The minimum atomic E-state index is -3.33. The molecule has 7 heteroatoms. The highest BCUT2D eigenvalue weighted by Gasteiger charge is 2.45. The van der Waals surface area contributed by atoms with Crippen molar-refractivity contribution in [3.8, 4) is 0 Å². The van der Waals surface area contributed by atoms with Crippen LogP contribution in [0.15, 0.2) is 89.8 Å². The number of hydrogen-bond acceptors (Lipinski definition) is 4. The van der Waals surface area contributed by atoms with Crippen molar-refractivity contribution in [2.45, 2.75) is 36.2 Å². The van der Waals surface area contributed by atoms with Crippen LogP contribution in [0.3, 0.4) is 0 Å². The highest BCUT2D eigenvalue weighted by molar-refractivity contribution is 7.90. The third-order valence-corrected chi connectivity index (χ3v) is 7.68. The average Bonchev–Trinajstić information content (AvgIpc) is 3.07. The van der Waals surface area contributed by atoms with E-state index in [0.29, 0.717) is 0 Å². The van der Waals surface area contributed by atoms with E-state index in [-0.39, 0.29) is 41.3 Å². The molecule has 3 amide bonds. The van der Waals surface area contributed by atoms with E-state index in [1.54, 1.807) is 36.2 Å². The Balaban J connectivity index is 1.70. The molecule has 3 atom stereocenters. The number of urea groups is 1. The summed E-state index contributed by atoms with van der Waals surface area (Å²) in [4.78, 5) is 30.0. The Bertz CT molecular complexity index is 1280. The van der Waals surface area contributed by atoms with Crippen LogP contribution in [0.5, 0.6) is 0 Å². The summed E-state index contributed by atoms with van der Waals surface area (Å²) < 4.78 is 23.8. The number of carbonyl (C=O) groups excluding carboxylic acids is 2. The first-order valence-electron chi connectivity index (χ1n) is 11.2. The number of amides is 3. The van der Waals surface area contributed by atoms with Crippen LogP contribution in [0.2, 0.25) is 0 Å². The van der Waals surface area contributed by atoms with Crippen molar-refractivity contribution in [1.82, 2.24) is 9.80 Å². The molecule has 34 heavy (non-hydrogen) atoms. The maximum atomic E-state index is 13.7. The average molecular weight is 477 g/mol. The monoisotopic (exact) mass is 476 g/mol. The minimum absolute atomic E-state index is 0.0812. The Morgan fingerprint density at radius 3 is 1.97 bits per heavy atom. The van der Waals surface area contributed by atoms with E-state index in [2.05, 4.69) is 0 Å². The molecule has 1 saturated heterocycles. The fourth-order valence-electron chi connectivity index (χ4n) is 4.56. The Kier molecular flexibility index (Phi) is 6.57. The predicted molar refractivity (Wildman–Crippen MR) is 131 cm³/mol. The Hall–Kier alpha value is -3.45. The lowest BCUT2D eigenvalue weighted by Gasteiger charge is -2.26. The second-order valence-electron chi connectivity index (χ2n) is 8.76. The highest BCUT2D eigenvalue weighted by Crippen LogP contribution is 2.37. The maximum absolute atomic E-state index is 13.7. The molecule has 0 spiro atoms. The van der Waals surface area contributed by atoms with Crippen LogP contribution in [0.4, 0.5) is 4.79 Å². The van der Waals surface area contributed by atoms with Crippen LogP contribution in [0.1, 0.15) is 42.0 Å². The fraction of sp³-hybridized carbons (Fsp3) is 0.259. The molecule has 176 valence electrons. The van der Waals surface area contributed by atoms with Gasteiger partial charge in [-0.25, -0.2) is 13.2 Å². The minimum Gasteiger partial charge on any atom is -0.322 e. The number of carbonyl (C=O) groups is 2. The zero-order chi connectivity index (χ0) is 24.5. The molecule has 0 saturated carbocycles. The predicted octanol–water partition coefficient (Wildman–Crippen LogP) is 4.64. The number of benzene rings is 3. The lowest BCUT2D eigenvalue weighted by Crippen LogP contribution is -2.37. The third-order valence-electron chi connectivity index (χ3n) is 6.55. The summed E-state index contributed by atoms with van der Waals surface area (Å²) >= 11 is 0. The van der Waals surface area contributed by atoms with Crippen LogP contribution >= 0.6 is 0 Å². The summed E-state index contributed by atoms with van der Waals surface area (Å²) in [5, 5.41) is 0. The molecule has 4 rings (SSSR count). The molecule has 0 aromatic heterocycles. The normalized spacial score (nSPS) is 19.3. The molecule has 0 N–H and O–H groups in total. The van der Waals surface area contributed by atoms with Gasteiger partial charge in [-0.1, -0.05) is 72.8 Å². The maximum Gasteiger partial charge on any atom is 0.327 e. The van der Waals surface area contributed by atoms with Gasteiger partial charge in [-0.3, -0.25) is 9.69 Å². The number of hydrogen-bond donors (Lipinski definition) is 0. The first-order chi connectivity index (χ1) is 16.2. The van der Waals surface area contributed by atoms with Gasteiger partial charge in [-0.2, -0.15) is 0 Å². The second kappa shape index (κ2) is 9.43. The zero-order valence-electron chi connectivity index (χ0n) is 19.5. The van der Waals surface area contributed by atoms with Gasteiger partial charge in [0.2, 0.25) is 5.91 Å². The topological polar surface area (TPSA) is 74.8 Å². The summed E-state index contributed by atoms with van der Waals surface area (Å²) in [5.74, 6) is -0.594. The van der Waals surface area contributed by atoms with Crippen molar-refractivity contribution in [2.24, 2.45) is 0 Å². The van der Waals surface area contributed by atoms with E-state index in [4.69, 9.17) is 0 Å². The van der Waals surface area contributed by atoms with Crippen molar-refractivity contribution in [1.29, 1.82) is 0 Å². The van der Waals surface area contributed by atoms with E-state index in [9.17, 15) is 18.0 Å². The summed E-state index contributed by atoms with van der Waals surface area (Å²) in [6, 6.07) is 25.0. The van der Waals surface area contributed by atoms with Gasteiger partial charge in [0.25, 0.3) is 0 Å². The number of sulfone groups is 1. The number of likely N-dealkylation sites (N-methyl/N-ethyl adjacent to an activating group) is 1. The highest BCUT2D eigenvalue weighted by atomic mass is 32.2. The van der Waals surface area contributed by atoms with Gasteiger partial charge >= 0.3 is 6.03 Å². The van der Waals surface area contributed by atoms with E-state index >= 15 is 0 Å². The summed E-state index contributed by atoms with van der Waals surface area (Å²) in [6.45, 7) is 1.95. The van der Waals surface area contributed by atoms with E-state index in [1.165, 1.54) is 11.2 Å². The largest absolute Gasteiger partial charge is 0.327 e. The van der Waals surface area contributed by atoms with Gasteiger partial charge in [0, 0.05) is 25.6 Å². The molecule has 1 aliphatic heterocycles. The lowest BCUT2D eigenvalue weighted by atomic mass is 9.88. The van der Waals surface area contributed by atoms with Crippen LogP contribution in [-0.4, -0.2) is 49.5 Å². The van der Waals surface area contributed by atoms with Crippen LogP contribution in [0, 0.1) is 0 Å². The van der Waals surface area contributed by atoms with Gasteiger partial charge in [-0.05, 0) is 35.7 Å². The molecule has 0 bridgehead atoms. The Morgan fingerprint density at radius 2 is 1.41 bits per heavy atom. The summed E-state index contributed by atoms with van der Waals surface area (Å²) in [5.41, 5.74) is 2.65. The zero-order valence-corrected chi connectivity index (χ0v) is 20.3. The van der Waals surface area contributed by atoms with Crippen molar-refractivity contribution < 1.29 is 18.0 Å². The quantitative estimate of drug-likeness (QED) is 0.520. The van der Waals surface area contributed by atoms with Gasteiger partial charge in [0.15, 0.2) is 9.84 Å². The molecule has 0 aliphatic carbocycles. The number of nitrogens with zero attached hydrogens (tertiary/aromatic N) is 2. The van der Waals surface area contributed by atoms with E-state index in [1.807, 2.05) is 67.6 Å². The SMILES string of the molecule is C[C@@H]1[C@H](c2ccccc2)N(C(=O)CC(c2ccccc2)c2ccc(S(C)(=O)=O)cc2)C(=O)N1C. The molecule has 3 aromatic rings. The van der Waals surface area contributed by atoms with Gasteiger partial charge in [0.05, 0.1) is 17.0 Å². The number of imide groups is 1. The Labute approximate surface area is 200 Å². The van der Waals surface area contributed by atoms with Gasteiger partial charge in [-0.15, -0.1) is 0 Å². The summed E-state index contributed by atoms with van der Waals surface area (Å²) in [6.07, 6.45) is 1.25. The van der Waals surface area contributed by atoms with Crippen LogP contribution in [-0.2, 0) is 14.6 Å². The standard InChI is InChI=1S/C27H28N2O4S/c1-19-26(22-12-8-5-9-13-22)29(27(31)28(19)2)25(30)18-24(20-10-6-4-7-11-20)21-14-16-23(17-15-21)34(3,32)33/h4-17,19,24,26H,18H2,1-3H3/t19-,24?,26-/m1/s1. The third kappa shape index (κ3) is 4.61. The molecule has 1 heterocycles. The van der Waals surface area contributed by atoms with E-state index in [0.717, 1.165) is 16.7 Å². The first kappa shape index (κ1) is 23.7. The molecular weight excluding hydrogens is 448 g/mol. The van der Waals surface area contributed by atoms with Crippen molar-refractivity contribution in [2.75, 3.05) is 13.3 Å². The lowest BCUT2D eigenvalue weighted by molar-refractivity contribution is -0.129. The van der Waals surface area contributed by atoms with Crippen molar-refractivity contribution in [3.05, 3.63) is 102 Å². The molecule has 3 aromatic carbocycles. The number of rotatable bonds is 6. The molecule has 0 radical (unpaired) electrons. The smallest absolute Gasteiger partial charge is 0.322 e. The molecule has 1 aliphatic rings. The van der Waals surface area contributed by atoms with Gasteiger partial charge in [0.1, 0.15) is 0 Å². The molecule has 1 unspecified atom stereocenters. The second-order valence-corrected chi connectivity index (χ2v) is 10.8. The summed E-state index contributed by atoms with van der Waals surface area (Å²) in [7, 11) is -1.61. The van der Waals surface area contributed by atoms with Gasteiger partial charge < -0.3 is 4.90 Å². The first-order valence-corrected chi connectivity index (χ1v) is 13.1. The molecule has 1 fully saturated rings. The van der Waals surface area contributed by atoms with Crippen LogP contribution in [0.25, 0.3) is 0 Å². The van der Waals surface area contributed by atoms with E-state index < -0.39 is 9.84 Å². The van der Waals surface area contributed by atoms with Crippen molar-refractivity contribution >= 4 is 21.8 Å². The van der Waals surface area contributed by atoms with Crippen molar-refractivity contribution in [3.63, 3.8) is 0 Å². The molecule has 6 nitrogen and oxygen atoms in total. The fourth-order valence-corrected chi connectivity index (χ4v) is 5.19.